The monoisotopic (exact) mass is 362 g/mol. The quantitative estimate of drug-likeness (QED) is 0.660. The number of rotatable bonds is 3. The number of anilines is 1. The molecule has 1 saturated heterocycles. The van der Waals surface area contributed by atoms with Gasteiger partial charge in [0.05, 0.1) is 11.0 Å². The van der Waals surface area contributed by atoms with Crippen LogP contribution in [0.15, 0.2) is 54.5 Å². The SMILES string of the molecule is CN1CCN(C2=CC=CNN2c2cc(-c3nc4ccccc4[nH]3)[nH]n2)CC1. The zero-order valence-electron chi connectivity index (χ0n) is 15.2. The first-order valence-corrected chi connectivity index (χ1v) is 9.15. The molecule has 3 N–H and O–H groups in total. The average Bonchev–Trinajstić information content (AvgIpc) is 3.35. The molecule has 0 bridgehead atoms. The van der Waals surface area contributed by atoms with Crippen molar-refractivity contribution in [3.63, 3.8) is 0 Å². The van der Waals surface area contributed by atoms with Gasteiger partial charge in [-0.05, 0) is 31.3 Å². The van der Waals surface area contributed by atoms with Crippen LogP contribution in [0.4, 0.5) is 5.82 Å². The van der Waals surface area contributed by atoms with Crippen LogP contribution in [0.5, 0.6) is 0 Å². The van der Waals surface area contributed by atoms with Gasteiger partial charge in [-0.3, -0.25) is 10.5 Å². The lowest BCUT2D eigenvalue weighted by Crippen LogP contribution is -2.50. The van der Waals surface area contributed by atoms with Crippen molar-refractivity contribution in [3.8, 4) is 11.5 Å². The lowest BCUT2D eigenvalue weighted by Gasteiger charge is -2.40. The number of aromatic nitrogens is 4. The number of piperazine rings is 1. The number of hydrazine groups is 1. The molecule has 0 aliphatic carbocycles. The molecular formula is C19H22N8. The topological polar surface area (TPSA) is 79.1 Å². The van der Waals surface area contributed by atoms with E-state index in [1.54, 1.807) is 0 Å². The third-order valence-electron chi connectivity index (χ3n) is 5.04. The lowest BCUT2D eigenvalue weighted by atomic mass is 10.3. The second-order valence-electron chi connectivity index (χ2n) is 6.88. The van der Waals surface area contributed by atoms with Gasteiger partial charge in [0.1, 0.15) is 11.5 Å². The van der Waals surface area contributed by atoms with Crippen LogP contribution in [0, 0.1) is 0 Å². The van der Waals surface area contributed by atoms with Crippen molar-refractivity contribution in [1.82, 2.24) is 35.4 Å². The summed E-state index contributed by atoms with van der Waals surface area (Å²) in [5.41, 5.74) is 6.12. The van der Waals surface area contributed by atoms with E-state index in [-0.39, 0.29) is 0 Å². The van der Waals surface area contributed by atoms with E-state index < -0.39 is 0 Å². The minimum Gasteiger partial charge on any atom is -0.354 e. The van der Waals surface area contributed by atoms with E-state index in [0.717, 1.165) is 60.4 Å². The lowest BCUT2D eigenvalue weighted by molar-refractivity contribution is 0.181. The number of H-pyrrole nitrogens is 2. The van der Waals surface area contributed by atoms with Gasteiger partial charge in [-0.25, -0.2) is 9.99 Å². The summed E-state index contributed by atoms with van der Waals surface area (Å²) in [4.78, 5) is 12.7. The molecule has 138 valence electrons. The summed E-state index contributed by atoms with van der Waals surface area (Å²) < 4.78 is 0. The predicted octanol–water partition coefficient (Wildman–Crippen LogP) is 1.88. The second kappa shape index (κ2) is 6.48. The number of benzene rings is 1. The van der Waals surface area contributed by atoms with Crippen molar-refractivity contribution in [3.05, 3.63) is 54.5 Å². The smallest absolute Gasteiger partial charge is 0.175 e. The highest BCUT2D eigenvalue weighted by Crippen LogP contribution is 2.25. The molecule has 3 aromatic rings. The Kier molecular flexibility index (Phi) is 3.83. The molecule has 2 aliphatic rings. The maximum atomic E-state index is 4.65. The van der Waals surface area contributed by atoms with Gasteiger partial charge in [-0.2, -0.15) is 5.10 Å². The fraction of sp³-hybridized carbons (Fsp3) is 0.263. The van der Waals surface area contributed by atoms with Crippen molar-refractivity contribution in [2.75, 3.05) is 38.2 Å². The molecule has 0 radical (unpaired) electrons. The van der Waals surface area contributed by atoms with Crippen LogP contribution in [0.3, 0.4) is 0 Å². The summed E-state index contributed by atoms with van der Waals surface area (Å²) in [5, 5.41) is 9.63. The van der Waals surface area contributed by atoms with Crippen LogP contribution in [0.1, 0.15) is 0 Å². The summed E-state index contributed by atoms with van der Waals surface area (Å²) >= 11 is 0. The second-order valence-corrected chi connectivity index (χ2v) is 6.88. The first kappa shape index (κ1) is 16.0. The van der Waals surface area contributed by atoms with Gasteiger partial charge >= 0.3 is 0 Å². The van der Waals surface area contributed by atoms with Crippen molar-refractivity contribution >= 4 is 16.9 Å². The molecule has 0 amide bonds. The van der Waals surface area contributed by atoms with E-state index >= 15 is 0 Å². The highest BCUT2D eigenvalue weighted by molar-refractivity contribution is 5.78. The van der Waals surface area contributed by atoms with E-state index in [1.165, 1.54) is 0 Å². The van der Waals surface area contributed by atoms with E-state index in [4.69, 9.17) is 0 Å². The third-order valence-corrected chi connectivity index (χ3v) is 5.04. The molecular weight excluding hydrogens is 340 g/mol. The number of likely N-dealkylation sites (N-methyl/N-ethyl adjacent to an activating group) is 1. The fourth-order valence-electron chi connectivity index (χ4n) is 3.49. The van der Waals surface area contributed by atoms with Gasteiger partial charge in [0, 0.05) is 38.4 Å². The minimum absolute atomic E-state index is 0.785. The molecule has 0 unspecified atom stereocenters. The summed E-state index contributed by atoms with van der Waals surface area (Å²) in [6.07, 6.45) is 6.06. The van der Waals surface area contributed by atoms with Crippen LogP contribution >= 0.6 is 0 Å². The number of hydrogen-bond donors (Lipinski definition) is 3. The van der Waals surface area contributed by atoms with E-state index in [9.17, 15) is 0 Å². The zero-order valence-corrected chi connectivity index (χ0v) is 15.2. The van der Waals surface area contributed by atoms with Crippen molar-refractivity contribution in [2.24, 2.45) is 0 Å². The molecule has 0 spiro atoms. The molecule has 0 atom stereocenters. The number of allylic oxidation sites excluding steroid dienone is 2. The number of imidazole rings is 1. The number of nitrogens with one attached hydrogen (secondary N) is 3. The molecule has 2 aliphatic heterocycles. The van der Waals surface area contributed by atoms with Gasteiger partial charge < -0.3 is 14.8 Å². The molecule has 4 heterocycles. The summed E-state index contributed by atoms with van der Waals surface area (Å²) in [6, 6.07) is 10.0. The molecule has 27 heavy (non-hydrogen) atoms. The Labute approximate surface area is 157 Å². The van der Waals surface area contributed by atoms with Crippen molar-refractivity contribution in [2.45, 2.75) is 0 Å². The third kappa shape index (κ3) is 2.93. The Morgan fingerprint density at radius 2 is 1.93 bits per heavy atom. The highest BCUT2D eigenvalue weighted by atomic mass is 15.6. The van der Waals surface area contributed by atoms with E-state index in [2.05, 4.69) is 48.5 Å². The Hall–Kier alpha value is -3.26. The average molecular weight is 362 g/mol. The van der Waals surface area contributed by atoms with Crippen LogP contribution in [-0.4, -0.2) is 63.2 Å². The van der Waals surface area contributed by atoms with Gasteiger partial charge in [0.25, 0.3) is 0 Å². The fourth-order valence-corrected chi connectivity index (χ4v) is 3.49. The first-order chi connectivity index (χ1) is 13.3. The molecule has 5 rings (SSSR count). The van der Waals surface area contributed by atoms with Crippen LogP contribution in [0.25, 0.3) is 22.6 Å². The number of fused-ring (bicyclic) bond motifs is 1. The van der Waals surface area contributed by atoms with Crippen LogP contribution in [-0.2, 0) is 0 Å². The zero-order chi connectivity index (χ0) is 18.2. The molecule has 8 heteroatoms. The first-order valence-electron chi connectivity index (χ1n) is 9.15. The summed E-state index contributed by atoms with van der Waals surface area (Å²) in [6.45, 7) is 4.10. The van der Waals surface area contributed by atoms with Gasteiger partial charge in [-0.1, -0.05) is 12.1 Å². The van der Waals surface area contributed by atoms with Gasteiger partial charge in [-0.15, -0.1) is 0 Å². The largest absolute Gasteiger partial charge is 0.354 e. The van der Waals surface area contributed by atoms with Crippen molar-refractivity contribution in [1.29, 1.82) is 0 Å². The summed E-state index contributed by atoms with van der Waals surface area (Å²) in [5.74, 6) is 2.70. The van der Waals surface area contributed by atoms with E-state index in [1.807, 2.05) is 47.6 Å². The Bertz CT molecular complexity index is 973. The van der Waals surface area contributed by atoms with Crippen LogP contribution < -0.4 is 10.4 Å². The molecule has 0 saturated carbocycles. The predicted molar refractivity (Wildman–Crippen MR) is 106 cm³/mol. The molecule has 2 aromatic heterocycles. The van der Waals surface area contributed by atoms with Gasteiger partial charge in [0.15, 0.2) is 11.6 Å². The Morgan fingerprint density at radius 3 is 2.78 bits per heavy atom. The Morgan fingerprint density at radius 1 is 1.07 bits per heavy atom. The maximum Gasteiger partial charge on any atom is 0.175 e. The highest BCUT2D eigenvalue weighted by Gasteiger charge is 2.24. The minimum atomic E-state index is 0.785. The number of hydrogen-bond acceptors (Lipinski definition) is 6. The maximum absolute atomic E-state index is 4.65. The number of para-hydroxylation sites is 2. The number of aromatic amines is 2. The normalized spacial score (nSPS) is 18.0. The van der Waals surface area contributed by atoms with Gasteiger partial charge in [0.2, 0.25) is 0 Å². The van der Waals surface area contributed by atoms with E-state index in [0.29, 0.717) is 0 Å². The molecule has 1 fully saturated rings. The number of nitrogens with zero attached hydrogens (tertiary/aromatic N) is 5. The molecule has 8 nitrogen and oxygen atoms in total. The standard InChI is InChI=1S/C19H22N8/c1-25-9-11-26(12-10-25)18-7-4-8-20-27(18)17-13-16(23-24-17)19-21-14-5-2-3-6-15(14)22-19/h2-8,13,20H,9-12H2,1H3,(H,21,22)(H,23,24). The Balaban J connectivity index is 1.42. The van der Waals surface area contributed by atoms with Crippen molar-refractivity contribution < 1.29 is 0 Å². The summed E-state index contributed by atoms with van der Waals surface area (Å²) in [7, 11) is 2.16. The van der Waals surface area contributed by atoms with Crippen LogP contribution in [0.2, 0.25) is 0 Å². The molecule has 1 aromatic carbocycles.